The zero-order valence-corrected chi connectivity index (χ0v) is 14.5. The highest BCUT2D eigenvalue weighted by atomic mass is 19.4. The molecule has 0 spiro atoms. The van der Waals surface area contributed by atoms with E-state index in [0.717, 1.165) is 6.07 Å². The Kier molecular flexibility index (Phi) is 4.37. The van der Waals surface area contributed by atoms with Gasteiger partial charge in [-0.3, -0.25) is 4.68 Å². The van der Waals surface area contributed by atoms with Crippen molar-refractivity contribution >= 4 is 12.0 Å². The van der Waals surface area contributed by atoms with E-state index in [1.165, 1.54) is 15.8 Å². The summed E-state index contributed by atoms with van der Waals surface area (Å²) in [7, 11) is 0. The lowest BCUT2D eigenvalue weighted by atomic mass is 10.1. The van der Waals surface area contributed by atoms with Crippen molar-refractivity contribution < 1.29 is 28.2 Å². The van der Waals surface area contributed by atoms with Gasteiger partial charge in [-0.15, -0.1) is 0 Å². The Balaban J connectivity index is 1.63. The molecule has 1 atom stereocenters. The SMILES string of the molecule is O=C(O)N1CC(n2cc(-c3cc(C(F)(F)F)nc(N4CC[C@@H]4CO)n3)cn2)C1. The molecule has 0 aliphatic carbocycles. The molecule has 4 rings (SSSR count). The van der Waals surface area contributed by atoms with E-state index in [9.17, 15) is 23.1 Å². The first-order chi connectivity index (χ1) is 13.3. The average Bonchev–Trinajstić information content (AvgIpc) is 3.01. The maximum atomic E-state index is 13.3. The van der Waals surface area contributed by atoms with Gasteiger partial charge in [-0.25, -0.2) is 14.8 Å². The van der Waals surface area contributed by atoms with Crippen LogP contribution in [0.15, 0.2) is 18.5 Å². The number of rotatable bonds is 4. The molecule has 9 nitrogen and oxygen atoms in total. The number of aliphatic hydroxyl groups is 1. The quantitative estimate of drug-likeness (QED) is 0.803. The van der Waals surface area contributed by atoms with E-state index in [2.05, 4.69) is 15.1 Å². The molecule has 150 valence electrons. The Labute approximate surface area is 157 Å². The number of nitrogens with zero attached hydrogens (tertiary/aromatic N) is 6. The summed E-state index contributed by atoms with van der Waals surface area (Å²) >= 11 is 0. The summed E-state index contributed by atoms with van der Waals surface area (Å²) < 4.78 is 41.4. The van der Waals surface area contributed by atoms with Crippen molar-refractivity contribution in [1.82, 2.24) is 24.6 Å². The van der Waals surface area contributed by atoms with Crippen molar-refractivity contribution in [2.75, 3.05) is 31.1 Å². The summed E-state index contributed by atoms with van der Waals surface area (Å²) in [5.74, 6) is -0.0800. The second kappa shape index (κ2) is 6.62. The second-order valence-electron chi connectivity index (χ2n) is 6.81. The van der Waals surface area contributed by atoms with Gasteiger partial charge in [-0.2, -0.15) is 18.3 Å². The highest BCUT2D eigenvalue weighted by Gasteiger charge is 2.37. The van der Waals surface area contributed by atoms with Gasteiger partial charge < -0.3 is 20.0 Å². The number of likely N-dealkylation sites (tertiary alicyclic amines) is 1. The zero-order chi connectivity index (χ0) is 20.1. The van der Waals surface area contributed by atoms with Crippen molar-refractivity contribution in [2.24, 2.45) is 0 Å². The summed E-state index contributed by atoms with van der Waals surface area (Å²) in [5.41, 5.74) is -0.616. The minimum absolute atomic E-state index is 0.0709. The fourth-order valence-electron chi connectivity index (χ4n) is 3.20. The van der Waals surface area contributed by atoms with Crippen LogP contribution in [0.25, 0.3) is 11.3 Å². The monoisotopic (exact) mass is 398 g/mol. The number of alkyl halides is 3. The van der Waals surface area contributed by atoms with Crippen molar-refractivity contribution in [3.63, 3.8) is 0 Å². The Morgan fingerprint density at radius 3 is 2.61 bits per heavy atom. The number of halogens is 3. The van der Waals surface area contributed by atoms with E-state index in [1.807, 2.05) is 0 Å². The molecule has 2 aliphatic rings. The van der Waals surface area contributed by atoms with Gasteiger partial charge in [-0.1, -0.05) is 0 Å². The first kappa shape index (κ1) is 18.5. The Hall–Kier alpha value is -2.89. The van der Waals surface area contributed by atoms with Crippen molar-refractivity contribution in [3.8, 4) is 11.3 Å². The van der Waals surface area contributed by atoms with E-state index in [1.54, 1.807) is 11.1 Å². The molecule has 2 aromatic rings. The van der Waals surface area contributed by atoms with Crippen LogP contribution in [-0.2, 0) is 6.18 Å². The van der Waals surface area contributed by atoms with Gasteiger partial charge >= 0.3 is 12.3 Å². The van der Waals surface area contributed by atoms with Gasteiger partial charge in [0.1, 0.15) is 0 Å². The molecule has 2 fully saturated rings. The Bertz CT molecular complexity index is 894. The van der Waals surface area contributed by atoms with Gasteiger partial charge in [0, 0.05) is 31.4 Å². The summed E-state index contributed by atoms with van der Waals surface area (Å²) in [4.78, 5) is 21.5. The molecule has 12 heteroatoms. The lowest BCUT2D eigenvalue weighted by Crippen LogP contribution is -2.51. The lowest BCUT2D eigenvalue weighted by molar-refractivity contribution is -0.141. The molecule has 28 heavy (non-hydrogen) atoms. The molecule has 4 heterocycles. The van der Waals surface area contributed by atoms with E-state index >= 15 is 0 Å². The fraction of sp³-hybridized carbons (Fsp3) is 0.500. The third kappa shape index (κ3) is 3.23. The number of amides is 1. The van der Waals surface area contributed by atoms with Crippen molar-refractivity contribution in [3.05, 3.63) is 24.2 Å². The zero-order valence-electron chi connectivity index (χ0n) is 14.5. The van der Waals surface area contributed by atoms with E-state index in [-0.39, 0.29) is 43.4 Å². The van der Waals surface area contributed by atoms with Gasteiger partial charge in [-0.05, 0) is 12.5 Å². The summed E-state index contributed by atoms with van der Waals surface area (Å²) in [5, 5.41) is 22.3. The number of aliphatic hydroxyl groups excluding tert-OH is 1. The van der Waals surface area contributed by atoms with Crippen molar-refractivity contribution in [1.29, 1.82) is 0 Å². The molecule has 2 saturated heterocycles. The van der Waals surface area contributed by atoms with Crippen LogP contribution in [0.2, 0.25) is 0 Å². The Morgan fingerprint density at radius 2 is 2.04 bits per heavy atom. The topological polar surface area (TPSA) is 108 Å². The minimum atomic E-state index is -4.64. The van der Waals surface area contributed by atoms with Crippen LogP contribution in [0.5, 0.6) is 0 Å². The molecule has 0 bridgehead atoms. The minimum Gasteiger partial charge on any atom is -0.465 e. The fourth-order valence-corrected chi connectivity index (χ4v) is 3.20. The molecular formula is C16H17F3N6O3. The first-order valence-corrected chi connectivity index (χ1v) is 8.62. The highest BCUT2D eigenvalue weighted by Crippen LogP contribution is 2.34. The molecule has 1 amide bonds. The third-order valence-electron chi connectivity index (χ3n) is 5.02. The molecule has 2 aromatic heterocycles. The summed E-state index contributed by atoms with van der Waals surface area (Å²) in [6.45, 7) is 0.823. The normalized spacial score (nSPS) is 20.1. The smallest absolute Gasteiger partial charge is 0.433 e. The van der Waals surface area contributed by atoms with E-state index < -0.39 is 18.0 Å². The van der Waals surface area contributed by atoms with E-state index in [4.69, 9.17) is 5.11 Å². The predicted molar refractivity (Wildman–Crippen MR) is 89.7 cm³/mol. The maximum absolute atomic E-state index is 13.3. The molecule has 0 unspecified atom stereocenters. The number of hydrogen-bond donors (Lipinski definition) is 2. The molecule has 0 saturated carbocycles. The standard InChI is InChI=1S/C16H17F3N6O3/c17-16(18,19)13-3-12(21-14(22-13)24-2-1-10(24)8-26)9-4-20-25(5-9)11-6-23(7-11)15(27)28/h3-5,10-11,26H,1-2,6-8H2,(H,27,28)/t10-/m1/s1. The first-order valence-electron chi connectivity index (χ1n) is 8.62. The maximum Gasteiger partial charge on any atom is 0.433 e. The van der Waals surface area contributed by atoms with Crippen LogP contribution in [0.1, 0.15) is 18.2 Å². The molecule has 0 aromatic carbocycles. The molecule has 0 radical (unpaired) electrons. The van der Waals surface area contributed by atoms with Gasteiger partial charge in [0.2, 0.25) is 5.95 Å². The third-order valence-corrected chi connectivity index (χ3v) is 5.02. The van der Waals surface area contributed by atoms with Crippen LogP contribution in [-0.4, -0.2) is 73.2 Å². The van der Waals surface area contributed by atoms with Crippen LogP contribution in [0, 0.1) is 0 Å². The largest absolute Gasteiger partial charge is 0.465 e. The van der Waals surface area contributed by atoms with E-state index in [0.29, 0.717) is 18.5 Å². The number of carboxylic acid groups (broad SMARTS) is 1. The van der Waals surface area contributed by atoms with Gasteiger partial charge in [0.15, 0.2) is 5.69 Å². The Morgan fingerprint density at radius 1 is 1.29 bits per heavy atom. The van der Waals surface area contributed by atoms with Crippen LogP contribution >= 0.6 is 0 Å². The number of hydrogen-bond acceptors (Lipinski definition) is 6. The van der Waals surface area contributed by atoms with Crippen LogP contribution < -0.4 is 4.90 Å². The number of aromatic nitrogens is 4. The predicted octanol–water partition coefficient (Wildman–Crippen LogP) is 1.46. The van der Waals surface area contributed by atoms with Crippen LogP contribution in [0.4, 0.5) is 23.9 Å². The number of anilines is 1. The molecular weight excluding hydrogens is 381 g/mol. The lowest BCUT2D eigenvalue weighted by Gasteiger charge is -2.40. The number of carbonyl (C=O) groups is 1. The van der Waals surface area contributed by atoms with Crippen molar-refractivity contribution in [2.45, 2.75) is 24.7 Å². The van der Waals surface area contributed by atoms with Gasteiger partial charge in [0.25, 0.3) is 0 Å². The highest BCUT2D eigenvalue weighted by molar-refractivity contribution is 5.66. The average molecular weight is 398 g/mol. The summed E-state index contributed by atoms with van der Waals surface area (Å²) in [6.07, 6.45) is -2.05. The second-order valence-corrected chi connectivity index (χ2v) is 6.81. The molecule has 2 N–H and O–H groups in total. The van der Waals surface area contributed by atoms with Crippen LogP contribution in [0.3, 0.4) is 0 Å². The summed E-state index contributed by atoms with van der Waals surface area (Å²) in [6, 6.07) is 0.404. The molecule has 2 aliphatic heterocycles. The van der Waals surface area contributed by atoms with Gasteiger partial charge in [0.05, 0.1) is 30.6 Å².